The zero-order valence-corrected chi connectivity index (χ0v) is 18.3. The lowest BCUT2D eigenvalue weighted by molar-refractivity contribution is 0.102. The summed E-state index contributed by atoms with van der Waals surface area (Å²) in [4.78, 5) is 25.4. The van der Waals surface area contributed by atoms with Crippen LogP contribution in [0.25, 0.3) is 17.4 Å². The van der Waals surface area contributed by atoms with Crippen molar-refractivity contribution < 1.29 is 14.0 Å². The van der Waals surface area contributed by atoms with Gasteiger partial charge in [0.05, 0.1) is 14.9 Å². The van der Waals surface area contributed by atoms with Gasteiger partial charge in [-0.15, -0.1) is 11.3 Å². The topological polar surface area (TPSA) is 59.3 Å². The van der Waals surface area contributed by atoms with Gasteiger partial charge in [-0.3, -0.25) is 9.59 Å². The van der Waals surface area contributed by atoms with E-state index in [2.05, 4.69) is 5.32 Å². The number of carbonyl (C=O) groups is 2. The summed E-state index contributed by atoms with van der Waals surface area (Å²) in [6.07, 6.45) is 3.03. The minimum atomic E-state index is -0.209. The Morgan fingerprint density at radius 2 is 1.81 bits per heavy atom. The first kappa shape index (κ1) is 21.1. The van der Waals surface area contributed by atoms with Gasteiger partial charge in [0.25, 0.3) is 5.91 Å². The van der Waals surface area contributed by atoms with Crippen molar-refractivity contribution >= 4 is 58.0 Å². The van der Waals surface area contributed by atoms with Crippen LogP contribution in [0.1, 0.15) is 25.8 Å². The molecule has 31 heavy (non-hydrogen) atoms. The number of hydrogen-bond acceptors (Lipinski definition) is 4. The van der Waals surface area contributed by atoms with Crippen LogP contribution in [-0.2, 0) is 0 Å². The molecule has 0 aliphatic carbocycles. The summed E-state index contributed by atoms with van der Waals surface area (Å²) in [5.41, 5.74) is 1.80. The first-order chi connectivity index (χ1) is 15.0. The summed E-state index contributed by atoms with van der Waals surface area (Å²) in [5.74, 6) is 0.723. The third kappa shape index (κ3) is 5.14. The van der Waals surface area contributed by atoms with E-state index in [1.54, 1.807) is 60.7 Å². The van der Waals surface area contributed by atoms with E-state index < -0.39 is 0 Å². The van der Waals surface area contributed by atoms with Crippen LogP contribution >= 0.6 is 34.5 Å². The Kier molecular flexibility index (Phi) is 6.37. The average molecular weight is 468 g/mol. The molecule has 4 aromatic rings. The van der Waals surface area contributed by atoms with Gasteiger partial charge in [0.2, 0.25) is 0 Å². The van der Waals surface area contributed by atoms with Crippen molar-refractivity contribution in [3.8, 4) is 11.3 Å². The van der Waals surface area contributed by atoms with Crippen LogP contribution in [-0.4, -0.2) is 11.7 Å². The van der Waals surface area contributed by atoms with Crippen LogP contribution in [0.2, 0.25) is 10.0 Å². The van der Waals surface area contributed by atoms with E-state index in [-0.39, 0.29) is 11.7 Å². The predicted octanol–water partition coefficient (Wildman–Crippen LogP) is 7.46. The molecular weight excluding hydrogens is 453 g/mol. The number of ketones is 1. The number of rotatable bonds is 6. The predicted molar refractivity (Wildman–Crippen MR) is 126 cm³/mol. The standard InChI is InChI=1S/C24H15Cl2NO3S/c25-19-9-6-16(14-20(19)26)22-11-8-18(30-22)7-10-21(28)15-3-1-4-17(13-15)27-24(29)23-5-2-12-31-23/h1-14H,(H,27,29)/b10-7+. The van der Waals surface area contributed by atoms with Crippen LogP contribution in [0.3, 0.4) is 0 Å². The zero-order valence-electron chi connectivity index (χ0n) is 16.0. The van der Waals surface area contributed by atoms with E-state index in [1.165, 1.54) is 17.4 Å². The maximum atomic E-state index is 12.6. The van der Waals surface area contributed by atoms with E-state index >= 15 is 0 Å². The summed E-state index contributed by atoms with van der Waals surface area (Å²) in [6, 6.07) is 19.1. The van der Waals surface area contributed by atoms with E-state index in [9.17, 15) is 9.59 Å². The summed E-state index contributed by atoms with van der Waals surface area (Å²) < 4.78 is 5.77. The molecule has 2 aromatic heterocycles. The van der Waals surface area contributed by atoms with Gasteiger partial charge in [0, 0.05) is 16.8 Å². The largest absolute Gasteiger partial charge is 0.457 e. The first-order valence-corrected chi connectivity index (χ1v) is 10.9. The third-order valence-corrected chi connectivity index (χ3v) is 5.99. The summed E-state index contributed by atoms with van der Waals surface area (Å²) >= 11 is 13.4. The molecule has 0 fully saturated rings. The normalized spacial score (nSPS) is 11.0. The highest BCUT2D eigenvalue weighted by molar-refractivity contribution is 7.12. The molecule has 0 bridgehead atoms. The van der Waals surface area contributed by atoms with Crippen molar-refractivity contribution in [2.75, 3.05) is 5.32 Å². The number of halogens is 2. The van der Waals surface area contributed by atoms with E-state index in [1.807, 2.05) is 17.5 Å². The lowest BCUT2D eigenvalue weighted by atomic mass is 10.1. The average Bonchev–Trinajstić information content (AvgIpc) is 3.46. The smallest absolute Gasteiger partial charge is 0.265 e. The molecule has 0 aliphatic heterocycles. The van der Waals surface area contributed by atoms with Gasteiger partial charge in [0.15, 0.2) is 5.78 Å². The zero-order chi connectivity index (χ0) is 21.8. The van der Waals surface area contributed by atoms with Gasteiger partial charge in [-0.2, -0.15) is 0 Å². The number of carbonyl (C=O) groups excluding carboxylic acids is 2. The Hall–Kier alpha value is -3.12. The van der Waals surface area contributed by atoms with E-state index in [0.29, 0.717) is 37.7 Å². The number of hydrogen-bond donors (Lipinski definition) is 1. The van der Waals surface area contributed by atoms with Crippen molar-refractivity contribution in [2.45, 2.75) is 0 Å². The number of benzene rings is 2. The molecule has 0 radical (unpaired) electrons. The van der Waals surface area contributed by atoms with Crippen molar-refractivity contribution in [3.05, 3.63) is 104 Å². The lowest BCUT2D eigenvalue weighted by Gasteiger charge is -2.05. The number of allylic oxidation sites excluding steroid dienone is 1. The molecule has 154 valence electrons. The van der Waals surface area contributed by atoms with Gasteiger partial charge < -0.3 is 9.73 Å². The van der Waals surface area contributed by atoms with Crippen molar-refractivity contribution in [3.63, 3.8) is 0 Å². The molecule has 0 unspecified atom stereocenters. The quantitative estimate of drug-likeness (QED) is 0.236. The summed E-state index contributed by atoms with van der Waals surface area (Å²) in [7, 11) is 0. The highest BCUT2D eigenvalue weighted by Crippen LogP contribution is 2.30. The van der Waals surface area contributed by atoms with Crippen molar-refractivity contribution in [2.24, 2.45) is 0 Å². The molecule has 1 N–H and O–H groups in total. The Balaban J connectivity index is 1.45. The Morgan fingerprint density at radius 1 is 0.935 bits per heavy atom. The molecule has 4 nitrogen and oxygen atoms in total. The molecule has 0 saturated heterocycles. The lowest BCUT2D eigenvalue weighted by Crippen LogP contribution is -2.10. The molecule has 0 aliphatic rings. The van der Waals surface area contributed by atoms with Crippen LogP contribution in [0, 0.1) is 0 Å². The molecule has 4 rings (SSSR count). The Morgan fingerprint density at radius 3 is 2.58 bits per heavy atom. The van der Waals surface area contributed by atoms with Crippen LogP contribution < -0.4 is 5.32 Å². The maximum Gasteiger partial charge on any atom is 0.265 e. The van der Waals surface area contributed by atoms with E-state index in [4.69, 9.17) is 27.6 Å². The Labute approximate surface area is 192 Å². The molecule has 0 saturated carbocycles. The number of thiophene rings is 1. The fourth-order valence-electron chi connectivity index (χ4n) is 2.85. The molecule has 2 aromatic carbocycles. The second-order valence-electron chi connectivity index (χ2n) is 6.54. The number of amides is 1. The number of anilines is 1. The molecular formula is C24H15Cl2NO3S. The molecule has 1 amide bonds. The van der Waals surface area contributed by atoms with Crippen molar-refractivity contribution in [1.82, 2.24) is 0 Å². The van der Waals surface area contributed by atoms with Gasteiger partial charge in [-0.25, -0.2) is 0 Å². The monoisotopic (exact) mass is 467 g/mol. The van der Waals surface area contributed by atoms with Crippen LogP contribution in [0.15, 0.2) is 82.6 Å². The highest BCUT2D eigenvalue weighted by Gasteiger charge is 2.10. The molecule has 0 atom stereocenters. The third-order valence-electron chi connectivity index (χ3n) is 4.38. The molecule has 0 spiro atoms. The fourth-order valence-corrected chi connectivity index (χ4v) is 3.77. The second-order valence-corrected chi connectivity index (χ2v) is 8.30. The maximum absolute atomic E-state index is 12.6. The van der Waals surface area contributed by atoms with Gasteiger partial charge in [-0.05, 0) is 66.1 Å². The SMILES string of the molecule is O=C(/C=C/c1ccc(-c2ccc(Cl)c(Cl)c2)o1)c1cccc(NC(=O)c2cccs2)c1. The second kappa shape index (κ2) is 9.35. The minimum Gasteiger partial charge on any atom is -0.457 e. The van der Waals surface area contributed by atoms with Gasteiger partial charge in [0.1, 0.15) is 11.5 Å². The number of nitrogens with one attached hydrogen (secondary N) is 1. The van der Waals surface area contributed by atoms with E-state index in [0.717, 1.165) is 5.56 Å². The summed E-state index contributed by atoms with van der Waals surface area (Å²) in [5, 5.41) is 5.54. The summed E-state index contributed by atoms with van der Waals surface area (Å²) in [6.45, 7) is 0. The molecule has 7 heteroatoms. The number of furan rings is 1. The Bertz CT molecular complexity index is 1280. The molecule has 2 heterocycles. The fraction of sp³-hybridized carbons (Fsp3) is 0. The highest BCUT2D eigenvalue weighted by atomic mass is 35.5. The van der Waals surface area contributed by atoms with Gasteiger partial charge in [-0.1, -0.05) is 41.4 Å². The van der Waals surface area contributed by atoms with Crippen LogP contribution in [0.4, 0.5) is 5.69 Å². The first-order valence-electron chi connectivity index (χ1n) is 9.22. The minimum absolute atomic E-state index is 0.208. The van der Waals surface area contributed by atoms with Gasteiger partial charge >= 0.3 is 0 Å². The van der Waals surface area contributed by atoms with Crippen molar-refractivity contribution in [1.29, 1.82) is 0 Å². The van der Waals surface area contributed by atoms with Crippen LogP contribution in [0.5, 0.6) is 0 Å².